The van der Waals surface area contributed by atoms with Crippen molar-refractivity contribution in [2.24, 2.45) is 0 Å². The van der Waals surface area contributed by atoms with Gasteiger partial charge in [-0.25, -0.2) is 37.3 Å². The number of hydrogen-bond donors (Lipinski definition) is 1. The molecule has 0 amide bonds. The summed E-state index contributed by atoms with van der Waals surface area (Å²) in [5.41, 5.74) is 2.28. The number of anilines is 2. The Morgan fingerprint density at radius 2 is 1.89 bits per heavy atom. The number of piperidine rings is 1. The van der Waals surface area contributed by atoms with E-state index in [1.54, 1.807) is 41.8 Å². The van der Waals surface area contributed by atoms with Crippen molar-refractivity contribution in [1.29, 1.82) is 0 Å². The number of nitrogens with zero attached hydrogens (tertiary/aromatic N) is 5. The molecule has 14 heteroatoms. The molecule has 0 aliphatic carbocycles. The highest BCUT2D eigenvalue weighted by molar-refractivity contribution is 7.13. The van der Waals surface area contributed by atoms with E-state index in [4.69, 9.17) is 9.47 Å². The summed E-state index contributed by atoms with van der Waals surface area (Å²) in [5.74, 6) is -3.80. The van der Waals surface area contributed by atoms with E-state index in [1.165, 1.54) is 22.3 Å². The van der Waals surface area contributed by atoms with E-state index in [2.05, 4.69) is 15.0 Å². The maximum absolute atomic E-state index is 14.1. The third-order valence-electron chi connectivity index (χ3n) is 7.89. The van der Waals surface area contributed by atoms with Crippen molar-refractivity contribution in [3.63, 3.8) is 0 Å². The molecule has 5 heterocycles. The van der Waals surface area contributed by atoms with Crippen LogP contribution in [0.25, 0.3) is 21.7 Å². The van der Waals surface area contributed by atoms with E-state index >= 15 is 0 Å². The van der Waals surface area contributed by atoms with Gasteiger partial charge in [-0.1, -0.05) is 18.2 Å². The molecule has 9 nitrogen and oxygen atoms in total. The summed E-state index contributed by atoms with van der Waals surface area (Å²) in [4.78, 5) is 28.8. The number of carbonyl (C=O) groups is 1. The van der Waals surface area contributed by atoms with Crippen LogP contribution in [0.4, 0.5) is 29.1 Å². The van der Waals surface area contributed by atoms with Gasteiger partial charge in [0.15, 0.2) is 5.82 Å². The van der Waals surface area contributed by atoms with Crippen LogP contribution >= 0.6 is 11.3 Å². The van der Waals surface area contributed by atoms with Gasteiger partial charge in [-0.15, -0.1) is 11.3 Å². The molecule has 236 valence electrons. The molecule has 0 bridgehead atoms. The Kier molecular flexibility index (Phi) is 8.49. The van der Waals surface area contributed by atoms with Gasteiger partial charge in [0.05, 0.1) is 24.2 Å². The second kappa shape index (κ2) is 12.5. The molecular weight excluding hydrogens is 614 g/mol. The van der Waals surface area contributed by atoms with Crippen molar-refractivity contribution < 1.29 is 36.9 Å². The largest absolute Gasteiger partial charge is 0.497 e. The van der Waals surface area contributed by atoms with Gasteiger partial charge in [0.1, 0.15) is 29.4 Å². The minimum Gasteiger partial charge on any atom is -0.497 e. The summed E-state index contributed by atoms with van der Waals surface area (Å²) >= 11 is 1.31. The first kappa shape index (κ1) is 30.6. The summed E-state index contributed by atoms with van der Waals surface area (Å²) in [6.07, 6.45) is -2.74. The minimum absolute atomic E-state index is 0.00844. The van der Waals surface area contributed by atoms with Crippen molar-refractivity contribution in [2.75, 3.05) is 36.5 Å². The van der Waals surface area contributed by atoms with Crippen molar-refractivity contribution in [3.05, 3.63) is 65.9 Å². The molecule has 2 saturated heterocycles. The summed E-state index contributed by atoms with van der Waals surface area (Å²) in [7, 11) is 1.56. The number of halogens is 4. The maximum atomic E-state index is 14.1. The molecule has 45 heavy (non-hydrogen) atoms. The summed E-state index contributed by atoms with van der Waals surface area (Å²) in [6, 6.07) is 13.0. The molecule has 4 aromatic rings. The molecule has 0 radical (unpaired) electrons. The molecule has 0 unspecified atom stereocenters. The third-order valence-corrected chi connectivity index (χ3v) is 8.78. The second-order valence-electron chi connectivity index (χ2n) is 10.9. The highest BCUT2D eigenvalue weighted by Crippen LogP contribution is 2.39. The first-order valence-corrected chi connectivity index (χ1v) is 15.1. The van der Waals surface area contributed by atoms with Crippen LogP contribution < -0.4 is 19.3 Å². The van der Waals surface area contributed by atoms with Gasteiger partial charge in [0.25, 0.3) is 12.3 Å². The van der Waals surface area contributed by atoms with Crippen LogP contribution in [0.1, 0.15) is 31.5 Å². The average molecular weight is 644 g/mol. The predicted molar refractivity (Wildman–Crippen MR) is 161 cm³/mol. The van der Waals surface area contributed by atoms with E-state index < -0.39 is 36.3 Å². The Labute approximate surface area is 260 Å². The van der Waals surface area contributed by atoms with Crippen molar-refractivity contribution in [1.82, 2.24) is 15.0 Å². The van der Waals surface area contributed by atoms with E-state index in [0.29, 0.717) is 21.9 Å². The number of hydrogen-bond acceptors (Lipinski definition) is 9. The van der Waals surface area contributed by atoms with E-state index in [-0.39, 0.29) is 56.3 Å². The van der Waals surface area contributed by atoms with E-state index in [9.17, 15) is 27.5 Å². The number of benzene rings is 1. The molecule has 2 fully saturated rings. The summed E-state index contributed by atoms with van der Waals surface area (Å²) in [5, 5.41) is 11.9. The topological polar surface area (TPSA) is 101 Å². The minimum atomic E-state index is -2.96. The Bertz CT molecular complexity index is 1670. The van der Waals surface area contributed by atoms with Crippen molar-refractivity contribution in [2.45, 2.75) is 43.8 Å². The molecule has 1 N–H and O–H groups in total. The van der Waals surface area contributed by atoms with Crippen molar-refractivity contribution >= 4 is 28.8 Å². The first-order valence-electron chi connectivity index (χ1n) is 14.2. The van der Waals surface area contributed by atoms with Gasteiger partial charge >= 0.3 is 5.97 Å². The van der Waals surface area contributed by atoms with Gasteiger partial charge in [0, 0.05) is 50.2 Å². The predicted octanol–water partition coefficient (Wildman–Crippen LogP) is 6.56. The Morgan fingerprint density at radius 3 is 2.58 bits per heavy atom. The lowest BCUT2D eigenvalue weighted by Crippen LogP contribution is -2.39. The highest BCUT2D eigenvalue weighted by atomic mass is 32.1. The summed E-state index contributed by atoms with van der Waals surface area (Å²) < 4.78 is 67.4. The highest BCUT2D eigenvalue weighted by Gasteiger charge is 2.41. The maximum Gasteiger partial charge on any atom is 0.326 e. The Morgan fingerprint density at radius 1 is 1.09 bits per heavy atom. The number of alkyl halides is 4. The second-order valence-corrected chi connectivity index (χ2v) is 11.8. The van der Waals surface area contributed by atoms with Crippen LogP contribution in [0.5, 0.6) is 11.6 Å². The molecule has 6 rings (SSSR count). The van der Waals surface area contributed by atoms with Crippen LogP contribution in [-0.4, -0.2) is 70.8 Å². The molecule has 2 atom stereocenters. The van der Waals surface area contributed by atoms with Crippen LogP contribution in [0.2, 0.25) is 0 Å². The van der Waals surface area contributed by atoms with Gasteiger partial charge in [-0.2, -0.15) is 0 Å². The van der Waals surface area contributed by atoms with E-state index in [1.807, 2.05) is 24.3 Å². The lowest BCUT2D eigenvalue weighted by atomic mass is 10.0. The first-order chi connectivity index (χ1) is 21.6. The molecule has 1 aromatic carbocycles. The fourth-order valence-corrected chi connectivity index (χ4v) is 6.26. The average Bonchev–Trinajstić information content (AvgIpc) is 3.72. The zero-order chi connectivity index (χ0) is 31.7. The Hall–Kier alpha value is -4.46. The number of aromatic nitrogens is 3. The van der Waals surface area contributed by atoms with E-state index in [0.717, 1.165) is 5.56 Å². The molecule has 2 aliphatic heterocycles. The number of carboxylic acid groups (broad SMARTS) is 1. The SMILES string of the molecule is COc1cccc(-c2cnc(O[C@H]3C[C@@H](C(=O)O)N(c4cc(-c5cccs5)nc(C(F)F)n4)C3)c(N3CCC(F)(F)CC3)c2)c1. The number of aliphatic carboxylic acids is 1. The molecule has 3 aromatic heterocycles. The fourth-order valence-electron chi connectivity index (χ4n) is 5.57. The zero-order valence-electron chi connectivity index (χ0n) is 24.1. The van der Waals surface area contributed by atoms with Crippen LogP contribution in [-0.2, 0) is 4.79 Å². The van der Waals surface area contributed by atoms with Crippen molar-refractivity contribution in [3.8, 4) is 33.3 Å². The lowest BCUT2D eigenvalue weighted by molar-refractivity contribution is -0.138. The van der Waals surface area contributed by atoms with Gasteiger partial charge in [-0.3, -0.25) is 0 Å². The lowest BCUT2D eigenvalue weighted by Gasteiger charge is -2.34. The molecule has 0 spiro atoms. The Balaban J connectivity index is 1.32. The number of methoxy groups -OCH3 is 1. The smallest absolute Gasteiger partial charge is 0.326 e. The third kappa shape index (κ3) is 6.65. The fraction of sp³-hybridized carbons (Fsp3) is 0.355. The molecular formula is C31H29F4N5O4S. The van der Waals surface area contributed by atoms with Crippen LogP contribution in [0.15, 0.2) is 60.1 Å². The van der Waals surface area contributed by atoms with Gasteiger partial charge in [-0.05, 0) is 35.2 Å². The van der Waals surface area contributed by atoms with Crippen LogP contribution in [0.3, 0.4) is 0 Å². The van der Waals surface area contributed by atoms with Gasteiger partial charge in [0.2, 0.25) is 5.88 Å². The summed E-state index contributed by atoms with van der Waals surface area (Å²) in [6.45, 7) is 0.158. The molecule has 2 aliphatic rings. The quantitative estimate of drug-likeness (QED) is 0.203. The molecule has 0 saturated carbocycles. The number of ether oxygens (including phenoxy) is 2. The number of carboxylic acids is 1. The monoisotopic (exact) mass is 643 g/mol. The van der Waals surface area contributed by atoms with Crippen LogP contribution in [0, 0.1) is 0 Å². The number of pyridine rings is 1. The normalized spacial score (nSPS) is 19.6. The number of rotatable bonds is 9. The number of thiophene rings is 1. The zero-order valence-corrected chi connectivity index (χ0v) is 24.9. The standard InChI is InChI=1S/C31H29F4N5O4S/c1-43-20-5-2-4-18(12-20)19-13-23(39-9-7-31(34,35)8-10-39)29(36-16-19)44-21-14-24(30(41)42)40(17-21)26-15-22(25-6-3-11-45-25)37-28(38-26)27(32)33/h2-6,11-13,15-16,21,24,27H,7-10,14,17H2,1H3,(H,41,42)/t21-,24-/m0/s1. The van der Waals surface area contributed by atoms with Gasteiger partial charge < -0.3 is 24.4 Å².